The molecule has 2 fully saturated rings. The standard InChI is InChI=1S/C13H27N3/c1-3-11(2)13(14)10-15-6-8-16(9-7-15)12-4-5-12/h11-13H,3-10,14H2,1-2H3. The van der Waals surface area contributed by atoms with Crippen LogP contribution in [0.5, 0.6) is 0 Å². The van der Waals surface area contributed by atoms with Crippen LogP contribution >= 0.6 is 0 Å². The maximum Gasteiger partial charge on any atom is 0.0193 e. The van der Waals surface area contributed by atoms with Crippen molar-refractivity contribution in [1.29, 1.82) is 0 Å². The van der Waals surface area contributed by atoms with E-state index >= 15 is 0 Å². The van der Waals surface area contributed by atoms with Gasteiger partial charge in [-0.3, -0.25) is 9.80 Å². The molecule has 0 aromatic carbocycles. The molecule has 0 aromatic rings. The van der Waals surface area contributed by atoms with Gasteiger partial charge in [0.1, 0.15) is 0 Å². The lowest BCUT2D eigenvalue weighted by atomic mass is 9.99. The Bertz CT molecular complexity index is 207. The molecule has 0 radical (unpaired) electrons. The summed E-state index contributed by atoms with van der Waals surface area (Å²) in [6.45, 7) is 10.6. The highest BCUT2D eigenvalue weighted by Gasteiger charge is 2.31. The summed E-state index contributed by atoms with van der Waals surface area (Å²) in [4.78, 5) is 5.21. The minimum absolute atomic E-state index is 0.359. The Morgan fingerprint density at radius 2 is 1.81 bits per heavy atom. The van der Waals surface area contributed by atoms with E-state index in [-0.39, 0.29) is 0 Å². The molecule has 2 rings (SSSR count). The average molecular weight is 225 g/mol. The monoisotopic (exact) mass is 225 g/mol. The fourth-order valence-electron chi connectivity index (χ4n) is 2.53. The van der Waals surface area contributed by atoms with E-state index in [1.165, 1.54) is 45.4 Å². The first kappa shape index (κ1) is 12.3. The highest BCUT2D eigenvalue weighted by atomic mass is 15.3. The van der Waals surface area contributed by atoms with Crippen LogP contribution < -0.4 is 5.73 Å². The van der Waals surface area contributed by atoms with Gasteiger partial charge in [0.25, 0.3) is 0 Å². The third-order valence-corrected chi connectivity index (χ3v) is 4.31. The van der Waals surface area contributed by atoms with Crippen molar-refractivity contribution in [3.05, 3.63) is 0 Å². The maximum atomic E-state index is 6.21. The highest BCUT2D eigenvalue weighted by Crippen LogP contribution is 2.27. The van der Waals surface area contributed by atoms with Crippen molar-refractivity contribution in [2.24, 2.45) is 11.7 Å². The van der Waals surface area contributed by atoms with Gasteiger partial charge in [-0.25, -0.2) is 0 Å². The molecule has 0 spiro atoms. The zero-order valence-corrected chi connectivity index (χ0v) is 10.9. The minimum Gasteiger partial charge on any atom is -0.326 e. The van der Waals surface area contributed by atoms with Crippen molar-refractivity contribution in [1.82, 2.24) is 9.80 Å². The van der Waals surface area contributed by atoms with E-state index in [9.17, 15) is 0 Å². The lowest BCUT2D eigenvalue weighted by Crippen LogP contribution is -2.51. The van der Waals surface area contributed by atoms with Crippen molar-refractivity contribution in [3.8, 4) is 0 Å². The summed E-state index contributed by atoms with van der Waals surface area (Å²) in [5, 5.41) is 0. The largest absolute Gasteiger partial charge is 0.326 e. The molecule has 3 nitrogen and oxygen atoms in total. The van der Waals surface area contributed by atoms with Gasteiger partial charge in [0, 0.05) is 44.8 Å². The SMILES string of the molecule is CCC(C)C(N)CN1CCN(C2CC2)CC1. The van der Waals surface area contributed by atoms with E-state index in [0.717, 1.165) is 12.6 Å². The summed E-state index contributed by atoms with van der Waals surface area (Å²) in [6.07, 6.45) is 4.07. The smallest absolute Gasteiger partial charge is 0.0193 e. The van der Waals surface area contributed by atoms with Gasteiger partial charge in [-0.2, -0.15) is 0 Å². The van der Waals surface area contributed by atoms with E-state index in [4.69, 9.17) is 5.73 Å². The first-order chi connectivity index (χ1) is 7.70. The van der Waals surface area contributed by atoms with E-state index < -0.39 is 0 Å². The molecule has 0 amide bonds. The number of nitrogens with zero attached hydrogens (tertiary/aromatic N) is 2. The Balaban J connectivity index is 1.67. The molecule has 1 saturated carbocycles. The van der Waals surface area contributed by atoms with Gasteiger partial charge in [-0.15, -0.1) is 0 Å². The van der Waals surface area contributed by atoms with Crippen LogP contribution in [0.1, 0.15) is 33.1 Å². The van der Waals surface area contributed by atoms with Crippen molar-refractivity contribution in [2.45, 2.75) is 45.2 Å². The molecule has 0 bridgehead atoms. The van der Waals surface area contributed by atoms with Crippen molar-refractivity contribution < 1.29 is 0 Å². The van der Waals surface area contributed by atoms with Gasteiger partial charge < -0.3 is 5.73 Å². The predicted molar refractivity (Wildman–Crippen MR) is 68.5 cm³/mol. The molecule has 1 saturated heterocycles. The van der Waals surface area contributed by atoms with Gasteiger partial charge in [-0.05, 0) is 18.8 Å². The predicted octanol–water partition coefficient (Wildman–Crippen LogP) is 1.14. The molecule has 1 aliphatic carbocycles. The third kappa shape index (κ3) is 3.19. The summed E-state index contributed by atoms with van der Waals surface area (Å²) in [5.74, 6) is 0.654. The second-order valence-electron chi connectivity index (χ2n) is 5.62. The van der Waals surface area contributed by atoms with Crippen LogP contribution in [0.3, 0.4) is 0 Å². The zero-order chi connectivity index (χ0) is 11.5. The number of nitrogens with two attached hydrogens (primary N) is 1. The van der Waals surface area contributed by atoms with Crippen molar-refractivity contribution in [2.75, 3.05) is 32.7 Å². The Kier molecular flexibility index (Phi) is 4.22. The Morgan fingerprint density at radius 1 is 1.19 bits per heavy atom. The van der Waals surface area contributed by atoms with E-state index in [1.54, 1.807) is 0 Å². The number of hydrogen-bond donors (Lipinski definition) is 1. The van der Waals surface area contributed by atoms with Crippen LogP contribution in [0.15, 0.2) is 0 Å². The second kappa shape index (κ2) is 5.48. The van der Waals surface area contributed by atoms with E-state index in [0.29, 0.717) is 12.0 Å². The molecule has 94 valence electrons. The van der Waals surface area contributed by atoms with Crippen LogP contribution in [0.2, 0.25) is 0 Å². The lowest BCUT2D eigenvalue weighted by molar-refractivity contribution is 0.115. The molecular formula is C13H27N3. The molecule has 1 heterocycles. The van der Waals surface area contributed by atoms with Gasteiger partial charge in [-0.1, -0.05) is 20.3 Å². The summed E-state index contributed by atoms with van der Waals surface area (Å²) in [5.41, 5.74) is 6.21. The number of piperazine rings is 1. The van der Waals surface area contributed by atoms with Crippen LogP contribution in [0.25, 0.3) is 0 Å². The normalized spacial score (nSPS) is 27.9. The summed E-state index contributed by atoms with van der Waals surface area (Å²) < 4.78 is 0. The van der Waals surface area contributed by atoms with Crippen LogP contribution in [-0.4, -0.2) is 54.6 Å². The van der Waals surface area contributed by atoms with Gasteiger partial charge >= 0.3 is 0 Å². The lowest BCUT2D eigenvalue weighted by Gasteiger charge is -2.36. The Hall–Kier alpha value is -0.120. The fourth-order valence-corrected chi connectivity index (χ4v) is 2.53. The Morgan fingerprint density at radius 3 is 2.31 bits per heavy atom. The number of hydrogen-bond acceptors (Lipinski definition) is 3. The van der Waals surface area contributed by atoms with Gasteiger partial charge in [0.15, 0.2) is 0 Å². The average Bonchev–Trinajstić information content (AvgIpc) is 3.13. The molecule has 2 atom stereocenters. The molecule has 0 aromatic heterocycles. The second-order valence-corrected chi connectivity index (χ2v) is 5.62. The summed E-state index contributed by atoms with van der Waals surface area (Å²) >= 11 is 0. The first-order valence-electron chi connectivity index (χ1n) is 6.92. The van der Waals surface area contributed by atoms with Gasteiger partial charge in [0.05, 0.1) is 0 Å². The highest BCUT2D eigenvalue weighted by molar-refractivity contribution is 4.88. The first-order valence-corrected chi connectivity index (χ1v) is 6.92. The van der Waals surface area contributed by atoms with Crippen LogP contribution in [0.4, 0.5) is 0 Å². The quantitative estimate of drug-likeness (QED) is 0.761. The molecule has 3 heteroatoms. The molecule has 2 unspecified atom stereocenters. The fraction of sp³-hybridized carbons (Fsp3) is 1.00. The van der Waals surface area contributed by atoms with Crippen LogP contribution in [0, 0.1) is 5.92 Å². The minimum atomic E-state index is 0.359. The van der Waals surface area contributed by atoms with Gasteiger partial charge in [0.2, 0.25) is 0 Å². The van der Waals surface area contributed by atoms with E-state index in [2.05, 4.69) is 23.6 Å². The molecular weight excluding hydrogens is 198 g/mol. The number of rotatable bonds is 5. The Labute approximate surface area is 100.0 Å². The summed E-state index contributed by atoms with van der Waals surface area (Å²) in [7, 11) is 0. The summed E-state index contributed by atoms with van der Waals surface area (Å²) in [6, 6.07) is 1.29. The molecule has 2 aliphatic rings. The molecule has 1 aliphatic heterocycles. The topological polar surface area (TPSA) is 32.5 Å². The van der Waals surface area contributed by atoms with Crippen molar-refractivity contribution >= 4 is 0 Å². The van der Waals surface area contributed by atoms with Crippen molar-refractivity contribution in [3.63, 3.8) is 0 Å². The molecule has 2 N–H and O–H groups in total. The molecule has 16 heavy (non-hydrogen) atoms. The van der Waals surface area contributed by atoms with E-state index in [1.807, 2.05) is 0 Å². The van der Waals surface area contributed by atoms with Crippen LogP contribution in [-0.2, 0) is 0 Å². The zero-order valence-electron chi connectivity index (χ0n) is 10.9. The third-order valence-electron chi connectivity index (χ3n) is 4.31. The maximum absolute atomic E-state index is 6.21.